The van der Waals surface area contributed by atoms with Crippen LogP contribution in [0.3, 0.4) is 0 Å². The topological polar surface area (TPSA) is 54.0 Å². The van der Waals surface area contributed by atoms with E-state index in [0.717, 1.165) is 31.5 Å². The third kappa shape index (κ3) is 3.82. The summed E-state index contributed by atoms with van der Waals surface area (Å²) in [5.74, 6) is 0.112. The van der Waals surface area contributed by atoms with Crippen LogP contribution in [0.1, 0.15) is 31.9 Å². The molecule has 0 radical (unpaired) electrons. The molecule has 2 rings (SSSR count). The minimum Gasteiger partial charge on any atom is -0.349 e. The first-order chi connectivity index (χ1) is 7.77. The standard InChI is InChI=1S/C11H17N3OS.2ClH/c1-2-11(4-3-5-14-11)10(15)12-6-9-7-16-8-13-9;;/h7-8,14H,2-6H2,1H3,(H,12,15);2*1H. The molecule has 2 N–H and O–H groups in total. The molecular formula is C11H19Cl2N3OS. The molecule has 7 heteroatoms. The van der Waals surface area contributed by atoms with Crippen molar-refractivity contribution in [3.63, 3.8) is 0 Å². The summed E-state index contributed by atoms with van der Waals surface area (Å²) in [7, 11) is 0. The van der Waals surface area contributed by atoms with E-state index in [1.54, 1.807) is 16.8 Å². The summed E-state index contributed by atoms with van der Waals surface area (Å²) in [6.45, 7) is 3.53. The van der Waals surface area contributed by atoms with Crippen LogP contribution in [0.25, 0.3) is 0 Å². The maximum absolute atomic E-state index is 12.1. The Bertz CT molecular complexity index is 353. The van der Waals surface area contributed by atoms with E-state index in [4.69, 9.17) is 0 Å². The van der Waals surface area contributed by atoms with Gasteiger partial charge in [-0.05, 0) is 25.8 Å². The Morgan fingerprint density at radius 2 is 2.39 bits per heavy atom. The number of hydrogen-bond donors (Lipinski definition) is 2. The average molecular weight is 312 g/mol. The molecule has 1 fully saturated rings. The predicted molar refractivity (Wildman–Crippen MR) is 78.7 cm³/mol. The molecule has 4 nitrogen and oxygen atoms in total. The van der Waals surface area contributed by atoms with E-state index >= 15 is 0 Å². The van der Waals surface area contributed by atoms with Crippen molar-refractivity contribution in [2.24, 2.45) is 0 Å². The summed E-state index contributed by atoms with van der Waals surface area (Å²) in [4.78, 5) is 16.2. The van der Waals surface area contributed by atoms with Crippen LogP contribution in [0, 0.1) is 0 Å². The molecule has 18 heavy (non-hydrogen) atoms. The lowest BCUT2D eigenvalue weighted by molar-refractivity contribution is -0.127. The molecule has 0 aromatic carbocycles. The zero-order valence-corrected chi connectivity index (χ0v) is 12.7. The van der Waals surface area contributed by atoms with Gasteiger partial charge in [0.25, 0.3) is 0 Å². The smallest absolute Gasteiger partial charge is 0.240 e. The lowest BCUT2D eigenvalue weighted by Crippen LogP contribution is -2.52. The maximum Gasteiger partial charge on any atom is 0.240 e. The van der Waals surface area contributed by atoms with Gasteiger partial charge in [-0.25, -0.2) is 4.98 Å². The SMILES string of the molecule is CCC1(C(=O)NCc2cscn2)CCCN1.Cl.Cl. The summed E-state index contributed by atoms with van der Waals surface area (Å²) in [5.41, 5.74) is 2.38. The van der Waals surface area contributed by atoms with Gasteiger partial charge in [-0.15, -0.1) is 36.2 Å². The summed E-state index contributed by atoms with van der Waals surface area (Å²) in [6.07, 6.45) is 2.86. The summed E-state index contributed by atoms with van der Waals surface area (Å²) < 4.78 is 0. The third-order valence-electron chi connectivity index (χ3n) is 3.20. The van der Waals surface area contributed by atoms with Crippen molar-refractivity contribution in [1.82, 2.24) is 15.6 Å². The molecule has 2 heterocycles. The molecule has 0 saturated carbocycles. The maximum atomic E-state index is 12.1. The molecule has 1 aliphatic rings. The van der Waals surface area contributed by atoms with E-state index < -0.39 is 0 Å². The first-order valence-corrected chi connectivity index (χ1v) is 6.61. The van der Waals surface area contributed by atoms with Gasteiger partial charge in [0.2, 0.25) is 5.91 Å². The lowest BCUT2D eigenvalue weighted by Gasteiger charge is -2.26. The Hall–Kier alpha value is -0.360. The Morgan fingerprint density at radius 1 is 1.61 bits per heavy atom. The van der Waals surface area contributed by atoms with Crippen molar-refractivity contribution in [3.8, 4) is 0 Å². The minimum atomic E-state index is -0.337. The molecule has 1 unspecified atom stereocenters. The summed E-state index contributed by atoms with van der Waals surface area (Å²) in [5, 5.41) is 8.24. The number of halogens is 2. The van der Waals surface area contributed by atoms with Gasteiger partial charge < -0.3 is 10.6 Å². The largest absolute Gasteiger partial charge is 0.349 e. The molecule has 0 bridgehead atoms. The number of aromatic nitrogens is 1. The normalized spacial score (nSPS) is 21.8. The number of rotatable bonds is 4. The van der Waals surface area contributed by atoms with Gasteiger partial charge in [0.15, 0.2) is 0 Å². The second-order valence-corrected chi connectivity index (χ2v) is 4.85. The summed E-state index contributed by atoms with van der Waals surface area (Å²) in [6, 6.07) is 0. The molecular weight excluding hydrogens is 293 g/mol. The first-order valence-electron chi connectivity index (χ1n) is 5.67. The Balaban J connectivity index is 0.00000144. The number of amides is 1. The number of nitrogens with zero attached hydrogens (tertiary/aromatic N) is 1. The number of carbonyl (C=O) groups excluding carboxylic acids is 1. The highest BCUT2D eigenvalue weighted by molar-refractivity contribution is 7.07. The highest BCUT2D eigenvalue weighted by atomic mass is 35.5. The second kappa shape index (κ2) is 7.94. The quantitative estimate of drug-likeness (QED) is 0.895. The van der Waals surface area contributed by atoms with E-state index in [2.05, 4.69) is 22.5 Å². The van der Waals surface area contributed by atoms with Crippen LogP contribution >= 0.6 is 36.2 Å². The Morgan fingerprint density at radius 3 is 2.89 bits per heavy atom. The van der Waals surface area contributed by atoms with E-state index in [-0.39, 0.29) is 36.3 Å². The number of nitrogens with one attached hydrogen (secondary N) is 2. The molecule has 1 atom stereocenters. The van der Waals surface area contributed by atoms with Gasteiger partial charge >= 0.3 is 0 Å². The molecule has 0 spiro atoms. The first kappa shape index (κ1) is 17.6. The fraction of sp³-hybridized carbons (Fsp3) is 0.636. The Kier molecular flexibility index (Phi) is 7.78. The van der Waals surface area contributed by atoms with Crippen LogP contribution in [0.2, 0.25) is 0 Å². The number of carbonyl (C=O) groups is 1. The van der Waals surface area contributed by atoms with E-state index in [1.807, 2.05) is 5.38 Å². The number of hydrogen-bond acceptors (Lipinski definition) is 4. The van der Waals surface area contributed by atoms with Crippen molar-refractivity contribution in [2.75, 3.05) is 6.54 Å². The molecule has 1 aromatic rings. The average Bonchev–Trinajstić information content (AvgIpc) is 2.97. The lowest BCUT2D eigenvalue weighted by atomic mass is 9.93. The van der Waals surface area contributed by atoms with Crippen molar-refractivity contribution >= 4 is 42.1 Å². The van der Waals surface area contributed by atoms with Crippen molar-refractivity contribution in [3.05, 3.63) is 16.6 Å². The Labute approximate surface area is 124 Å². The van der Waals surface area contributed by atoms with E-state index in [9.17, 15) is 4.79 Å². The van der Waals surface area contributed by atoms with Crippen LogP contribution in [-0.4, -0.2) is 23.0 Å². The van der Waals surface area contributed by atoms with Gasteiger partial charge in [-0.1, -0.05) is 6.92 Å². The molecule has 1 saturated heterocycles. The van der Waals surface area contributed by atoms with Crippen molar-refractivity contribution < 1.29 is 4.79 Å². The second-order valence-electron chi connectivity index (χ2n) is 4.13. The molecule has 0 aliphatic carbocycles. The van der Waals surface area contributed by atoms with Gasteiger partial charge in [-0.2, -0.15) is 0 Å². The molecule has 1 aliphatic heterocycles. The van der Waals surface area contributed by atoms with Crippen molar-refractivity contribution in [1.29, 1.82) is 0 Å². The molecule has 104 valence electrons. The van der Waals surface area contributed by atoms with Crippen LogP contribution in [0.4, 0.5) is 0 Å². The van der Waals surface area contributed by atoms with Crippen LogP contribution in [-0.2, 0) is 11.3 Å². The zero-order valence-electron chi connectivity index (χ0n) is 10.3. The predicted octanol–water partition coefficient (Wildman–Crippen LogP) is 2.14. The van der Waals surface area contributed by atoms with Crippen LogP contribution in [0.5, 0.6) is 0 Å². The van der Waals surface area contributed by atoms with E-state index in [1.165, 1.54) is 0 Å². The minimum absolute atomic E-state index is 0. The zero-order chi connectivity index (χ0) is 11.4. The van der Waals surface area contributed by atoms with Gasteiger partial charge in [0.1, 0.15) is 0 Å². The fourth-order valence-electron chi connectivity index (χ4n) is 2.13. The third-order valence-corrected chi connectivity index (χ3v) is 3.83. The summed E-state index contributed by atoms with van der Waals surface area (Å²) >= 11 is 1.55. The highest BCUT2D eigenvalue weighted by Crippen LogP contribution is 2.23. The molecule has 1 amide bonds. The van der Waals surface area contributed by atoms with Crippen LogP contribution in [0.15, 0.2) is 10.9 Å². The van der Waals surface area contributed by atoms with Gasteiger partial charge in [0.05, 0.1) is 23.3 Å². The van der Waals surface area contributed by atoms with E-state index in [0.29, 0.717) is 6.54 Å². The highest BCUT2D eigenvalue weighted by Gasteiger charge is 2.38. The van der Waals surface area contributed by atoms with Crippen LogP contribution < -0.4 is 10.6 Å². The number of thiazole rings is 1. The molecule has 1 aromatic heterocycles. The van der Waals surface area contributed by atoms with Gasteiger partial charge in [0, 0.05) is 5.38 Å². The van der Waals surface area contributed by atoms with Crippen molar-refractivity contribution in [2.45, 2.75) is 38.3 Å². The monoisotopic (exact) mass is 311 g/mol. The fourth-order valence-corrected chi connectivity index (χ4v) is 2.69. The van der Waals surface area contributed by atoms with Gasteiger partial charge in [-0.3, -0.25) is 4.79 Å².